The summed E-state index contributed by atoms with van der Waals surface area (Å²) in [6.45, 7) is 1.86. The van der Waals surface area contributed by atoms with Crippen molar-refractivity contribution in [3.05, 3.63) is 50.9 Å². The van der Waals surface area contributed by atoms with Crippen LogP contribution in [0.1, 0.15) is 22.2 Å². The zero-order chi connectivity index (χ0) is 15.2. The van der Waals surface area contributed by atoms with E-state index in [1.807, 2.05) is 36.6 Å². The molecule has 0 aliphatic heterocycles. The lowest BCUT2D eigenvalue weighted by Crippen LogP contribution is -2.13. The summed E-state index contributed by atoms with van der Waals surface area (Å²) in [4.78, 5) is 16.4. The molecule has 0 saturated carbocycles. The van der Waals surface area contributed by atoms with Gasteiger partial charge in [-0.05, 0) is 24.6 Å². The molecule has 0 unspecified atom stereocenters. The number of ketones is 1. The Hall–Kier alpha value is -1.35. The molecule has 1 heterocycles. The van der Waals surface area contributed by atoms with E-state index < -0.39 is 5.92 Å². The highest BCUT2D eigenvalue weighted by Crippen LogP contribution is 2.23. The molecule has 2 rings (SSSR count). The number of nitrogens with zero attached hydrogens (tertiary/aromatic N) is 2. The van der Waals surface area contributed by atoms with Crippen LogP contribution in [-0.4, -0.2) is 16.5 Å². The second-order valence-electron chi connectivity index (χ2n) is 4.47. The van der Waals surface area contributed by atoms with Gasteiger partial charge in [0.15, 0.2) is 11.7 Å². The Kier molecular flexibility index (Phi) is 5.80. The summed E-state index contributed by atoms with van der Waals surface area (Å²) in [6.07, 6.45) is 0. The van der Waals surface area contributed by atoms with Crippen molar-refractivity contribution < 1.29 is 4.79 Å². The maximum atomic E-state index is 12.1. The first kappa shape index (κ1) is 16.0. The van der Waals surface area contributed by atoms with Crippen LogP contribution in [0.25, 0.3) is 0 Å². The molecule has 1 aromatic heterocycles. The maximum absolute atomic E-state index is 12.1. The lowest BCUT2D eigenvalue weighted by atomic mass is 10.1. The van der Waals surface area contributed by atoms with Gasteiger partial charge >= 0.3 is 0 Å². The normalized spacial score (nSPS) is 11.9. The van der Waals surface area contributed by atoms with E-state index in [1.54, 1.807) is 0 Å². The minimum atomic E-state index is -0.749. The van der Waals surface area contributed by atoms with Gasteiger partial charge in [0.2, 0.25) is 0 Å². The fourth-order valence-corrected chi connectivity index (χ4v) is 3.59. The molecule has 1 atom stereocenters. The number of thiazole rings is 1. The molecule has 2 aromatic rings. The van der Waals surface area contributed by atoms with Crippen LogP contribution in [0.5, 0.6) is 0 Å². The highest BCUT2D eigenvalue weighted by molar-refractivity contribution is 7.99. The van der Waals surface area contributed by atoms with Crippen molar-refractivity contribution in [2.24, 2.45) is 0 Å². The van der Waals surface area contributed by atoms with Crippen LogP contribution in [0.4, 0.5) is 0 Å². The fourth-order valence-electron chi connectivity index (χ4n) is 1.70. The first-order chi connectivity index (χ1) is 10.1. The zero-order valence-corrected chi connectivity index (χ0v) is 13.8. The van der Waals surface area contributed by atoms with Crippen molar-refractivity contribution in [2.75, 3.05) is 5.75 Å². The molecule has 21 heavy (non-hydrogen) atoms. The number of hydrogen-bond donors (Lipinski definition) is 0. The molecule has 0 aliphatic rings. The van der Waals surface area contributed by atoms with E-state index in [9.17, 15) is 10.1 Å². The highest BCUT2D eigenvalue weighted by atomic mass is 35.5. The van der Waals surface area contributed by atoms with E-state index >= 15 is 0 Å². The van der Waals surface area contributed by atoms with Gasteiger partial charge in [0.25, 0.3) is 0 Å². The monoisotopic (exact) mass is 336 g/mol. The van der Waals surface area contributed by atoms with E-state index in [-0.39, 0.29) is 5.78 Å². The predicted octanol–water partition coefficient (Wildman–Crippen LogP) is 4.21. The van der Waals surface area contributed by atoms with Gasteiger partial charge < -0.3 is 0 Å². The topological polar surface area (TPSA) is 53.8 Å². The Labute approximate surface area is 137 Å². The highest BCUT2D eigenvalue weighted by Gasteiger charge is 2.22. The summed E-state index contributed by atoms with van der Waals surface area (Å²) in [5.74, 6) is 0.185. The van der Waals surface area contributed by atoms with E-state index in [1.165, 1.54) is 23.1 Å². The molecule has 0 N–H and O–H groups in total. The van der Waals surface area contributed by atoms with Crippen LogP contribution in [0.2, 0.25) is 5.02 Å². The summed E-state index contributed by atoms with van der Waals surface area (Å²) in [5.41, 5.74) is 1.95. The second-order valence-corrected chi connectivity index (χ2v) is 6.79. The molecule has 0 radical (unpaired) electrons. The Morgan fingerprint density at radius 2 is 2.19 bits per heavy atom. The minimum Gasteiger partial charge on any atom is -0.297 e. The Morgan fingerprint density at radius 1 is 1.48 bits per heavy atom. The van der Waals surface area contributed by atoms with Crippen LogP contribution >= 0.6 is 34.7 Å². The molecule has 0 fully saturated rings. The molecule has 0 aliphatic carbocycles. The number of hydrogen-bond acceptors (Lipinski definition) is 5. The predicted molar refractivity (Wildman–Crippen MR) is 87.8 cm³/mol. The fraction of sp³-hybridized carbons (Fsp3) is 0.267. The van der Waals surface area contributed by atoms with Crippen LogP contribution in [0.15, 0.2) is 29.6 Å². The van der Waals surface area contributed by atoms with Gasteiger partial charge in [0.1, 0.15) is 5.01 Å². The van der Waals surface area contributed by atoms with Crippen molar-refractivity contribution in [3.8, 4) is 6.07 Å². The molecular formula is C15H13ClN2OS2. The number of carbonyl (C=O) groups excluding carboxylic acids is 1. The number of carbonyl (C=O) groups is 1. The third-order valence-electron chi connectivity index (χ3n) is 2.76. The molecule has 6 heteroatoms. The van der Waals surface area contributed by atoms with Gasteiger partial charge in [-0.3, -0.25) is 4.79 Å². The molecule has 0 bridgehead atoms. The first-order valence-electron chi connectivity index (χ1n) is 6.26. The molecule has 0 spiro atoms. The van der Waals surface area contributed by atoms with Crippen LogP contribution < -0.4 is 0 Å². The van der Waals surface area contributed by atoms with E-state index in [2.05, 4.69) is 11.1 Å². The molecule has 108 valence electrons. The Balaban J connectivity index is 1.89. The standard InChI is InChI=1S/C15H13ClN2OS2/c1-10-7-21-15(18-10)13(6-17)14(19)9-20-8-11-2-4-12(16)5-3-11/h2-5,7,13H,8-9H2,1H3/t13-/m0/s1. The number of aromatic nitrogens is 1. The summed E-state index contributed by atoms with van der Waals surface area (Å²) in [5, 5.41) is 12.3. The average molecular weight is 337 g/mol. The number of benzene rings is 1. The van der Waals surface area contributed by atoms with E-state index in [0.717, 1.165) is 17.0 Å². The second kappa shape index (κ2) is 7.60. The smallest absolute Gasteiger partial charge is 0.166 e. The van der Waals surface area contributed by atoms with Gasteiger partial charge in [-0.2, -0.15) is 5.26 Å². The number of thioether (sulfide) groups is 1. The quantitative estimate of drug-likeness (QED) is 0.792. The van der Waals surface area contributed by atoms with E-state index in [0.29, 0.717) is 15.8 Å². The van der Waals surface area contributed by atoms with Crippen molar-refractivity contribution >= 4 is 40.5 Å². The van der Waals surface area contributed by atoms with Crippen molar-refractivity contribution in [1.29, 1.82) is 5.26 Å². The zero-order valence-electron chi connectivity index (χ0n) is 11.4. The van der Waals surface area contributed by atoms with Gasteiger partial charge in [-0.15, -0.1) is 23.1 Å². The molecule has 0 amide bonds. The summed E-state index contributed by atoms with van der Waals surface area (Å²) < 4.78 is 0. The Bertz CT molecular complexity index is 661. The SMILES string of the molecule is Cc1csc([C@@H](C#N)C(=O)CSCc2ccc(Cl)cc2)n1. The average Bonchev–Trinajstić information content (AvgIpc) is 2.88. The largest absolute Gasteiger partial charge is 0.297 e. The summed E-state index contributed by atoms with van der Waals surface area (Å²) in [6, 6.07) is 9.59. The third-order valence-corrected chi connectivity index (χ3v) is 5.07. The number of halogens is 1. The molecule has 1 aromatic carbocycles. The number of Topliss-reactive ketones (excluding diaryl/α,β-unsaturated/α-hetero) is 1. The van der Waals surface area contributed by atoms with Gasteiger partial charge in [-0.25, -0.2) is 4.98 Å². The van der Waals surface area contributed by atoms with Crippen LogP contribution in [-0.2, 0) is 10.5 Å². The summed E-state index contributed by atoms with van der Waals surface area (Å²) >= 11 is 8.69. The maximum Gasteiger partial charge on any atom is 0.166 e. The minimum absolute atomic E-state index is 0.0918. The van der Waals surface area contributed by atoms with Gasteiger partial charge in [-0.1, -0.05) is 23.7 Å². The number of rotatable bonds is 6. The molecule has 3 nitrogen and oxygen atoms in total. The molecular weight excluding hydrogens is 324 g/mol. The molecule has 0 saturated heterocycles. The van der Waals surface area contributed by atoms with Crippen LogP contribution in [0, 0.1) is 18.3 Å². The van der Waals surface area contributed by atoms with E-state index in [4.69, 9.17) is 11.6 Å². The summed E-state index contributed by atoms with van der Waals surface area (Å²) in [7, 11) is 0. The third kappa shape index (κ3) is 4.57. The van der Waals surface area contributed by atoms with Gasteiger partial charge in [0, 0.05) is 21.8 Å². The van der Waals surface area contributed by atoms with Crippen molar-refractivity contribution in [3.63, 3.8) is 0 Å². The first-order valence-corrected chi connectivity index (χ1v) is 8.68. The van der Waals surface area contributed by atoms with Crippen molar-refractivity contribution in [2.45, 2.75) is 18.6 Å². The van der Waals surface area contributed by atoms with Gasteiger partial charge in [0.05, 0.1) is 11.8 Å². The van der Waals surface area contributed by atoms with Crippen molar-refractivity contribution in [1.82, 2.24) is 4.98 Å². The lowest BCUT2D eigenvalue weighted by Gasteiger charge is -2.05. The Morgan fingerprint density at radius 3 is 2.76 bits per heavy atom. The number of nitriles is 1. The van der Waals surface area contributed by atoms with Crippen LogP contribution in [0.3, 0.4) is 0 Å². The number of aryl methyl sites for hydroxylation is 1. The lowest BCUT2D eigenvalue weighted by molar-refractivity contribution is -0.116.